The zero-order valence-corrected chi connectivity index (χ0v) is 12.7. The maximum Gasteiger partial charge on any atom is 0.123 e. The van der Waals surface area contributed by atoms with Crippen LogP contribution in [-0.2, 0) is 0 Å². The number of nitrogens with one attached hydrogen (secondary N) is 2. The lowest BCUT2D eigenvalue weighted by atomic mass is 10.0. The number of benzene rings is 1. The molecule has 1 aromatic rings. The van der Waals surface area contributed by atoms with Gasteiger partial charge in [0, 0.05) is 18.1 Å². The highest BCUT2D eigenvalue weighted by Gasteiger charge is 2.16. The molecular weight excluding hydrogens is 251 g/mol. The molecule has 1 saturated heterocycles. The lowest BCUT2D eigenvalue weighted by Crippen LogP contribution is -2.37. The van der Waals surface area contributed by atoms with Crippen molar-refractivity contribution in [2.45, 2.75) is 64.1 Å². The summed E-state index contributed by atoms with van der Waals surface area (Å²) in [4.78, 5) is 0. The molecule has 0 saturated carbocycles. The molecule has 0 spiro atoms. The first-order valence-corrected chi connectivity index (χ1v) is 7.90. The quantitative estimate of drug-likeness (QED) is 0.856. The van der Waals surface area contributed by atoms with Crippen LogP contribution in [0.3, 0.4) is 0 Å². The molecule has 0 aromatic heterocycles. The molecule has 1 aliphatic heterocycles. The molecule has 1 aliphatic rings. The van der Waals surface area contributed by atoms with Crippen molar-refractivity contribution in [1.29, 1.82) is 0 Å². The van der Waals surface area contributed by atoms with E-state index in [1.165, 1.54) is 31.7 Å². The minimum absolute atomic E-state index is 0.158. The summed E-state index contributed by atoms with van der Waals surface area (Å²) in [6.07, 6.45) is 6.41. The molecular formula is C17H27FN2. The third-order valence-electron chi connectivity index (χ3n) is 4.18. The van der Waals surface area contributed by atoms with Crippen LogP contribution in [0.2, 0.25) is 0 Å². The second-order valence-electron chi connectivity index (χ2n) is 6.08. The van der Waals surface area contributed by atoms with Crippen LogP contribution in [0.5, 0.6) is 0 Å². The van der Waals surface area contributed by atoms with E-state index >= 15 is 0 Å². The van der Waals surface area contributed by atoms with Gasteiger partial charge in [-0.05, 0) is 57.4 Å². The average molecular weight is 278 g/mol. The Labute approximate surface area is 122 Å². The van der Waals surface area contributed by atoms with E-state index in [1.54, 1.807) is 12.1 Å². The minimum Gasteiger partial charge on any atom is -0.314 e. The largest absolute Gasteiger partial charge is 0.314 e. The number of hydrogen-bond acceptors (Lipinski definition) is 2. The third kappa shape index (κ3) is 4.88. The molecule has 1 aromatic carbocycles. The van der Waals surface area contributed by atoms with Crippen LogP contribution < -0.4 is 10.6 Å². The van der Waals surface area contributed by atoms with E-state index in [9.17, 15) is 4.39 Å². The lowest BCUT2D eigenvalue weighted by molar-refractivity contribution is 0.380. The fraction of sp³-hybridized carbons (Fsp3) is 0.647. The van der Waals surface area contributed by atoms with Gasteiger partial charge in [-0.25, -0.2) is 4.39 Å². The number of halogens is 1. The third-order valence-corrected chi connectivity index (χ3v) is 4.18. The molecule has 2 nitrogen and oxygen atoms in total. The molecule has 3 unspecified atom stereocenters. The normalized spacial score (nSPS) is 23.1. The van der Waals surface area contributed by atoms with Crippen molar-refractivity contribution in [2.24, 2.45) is 0 Å². The van der Waals surface area contributed by atoms with Crippen LogP contribution in [0.1, 0.15) is 57.6 Å². The Bertz CT molecular complexity index is 400. The summed E-state index contributed by atoms with van der Waals surface area (Å²) >= 11 is 0. The first-order chi connectivity index (χ1) is 9.65. The average Bonchev–Trinajstić information content (AvgIpc) is 2.67. The van der Waals surface area contributed by atoms with Crippen LogP contribution >= 0.6 is 0 Å². The fourth-order valence-corrected chi connectivity index (χ4v) is 3.10. The number of hydrogen-bond donors (Lipinski definition) is 2. The lowest BCUT2D eigenvalue weighted by Gasteiger charge is -2.25. The van der Waals surface area contributed by atoms with E-state index in [1.807, 2.05) is 6.07 Å². The Morgan fingerprint density at radius 3 is 2.95 bits per heavy atom. The first-order valence-electron chi connectivity index (χ1n) is 7.90. The van der Waals surface area contributed by atoms with E-state index in [0.717, 1.165) is 18.5 Å². The predicted octanol–water partition coefficient (Wildman–Crippen LogP) is 3.79. The molecule has 1 fully saturated rings. The summed E-state index contributed by atoms with van der Waals surface area (Å²) in [6.45, 7) is 5.48. The van der Waals surface area contributed by atoms with Crippen molar-refractivity contribution >= 4 is 0 Å². The van der Waals surface area contributed by atoms with Gasteiger partial charge < -0.3 is 10.6 Å². The van der Waals surface area contributed by atoms with Gasteiger partial charge in [0.05, 0.1) is 0 Å². The Balaban J connectivity index is 1.82. The number of rotatable bonds is 5. The Kier molecular flexibility index (Phi) is 5.99. The van der Waals surface area contributed by atoms with Gasteiger partial charge in [-0.15, -0.1) is 0 Å². The highest BCUT2D eigenvalue weighted by molar-refractivity contribution is 5.19. The van der Waals surface area contributed by atoms with Gasteiger partial charge >= 0.3 is 0 Å². The molecule has 3 atom stereocenters. The summed E-state index contributed by atoms with van der Waals surface area (Å²) in [7, 11) is 0. The fourth-order valence-electron chi connectivity index (χ4n) is 3.10. The van der Waals surface area contributed by atoms with Gasteiger partial charge in [-0.1, -0.05) is 25.0 Å². The highest BCUT2D eigenvalue weighted by atomic mass is 19.1. The second-order valence-corrected chi connectivity index (χ2v) is 6.08. The van der Waals surface area contributed by atoms with Crippen LogP contribution in [0.15, 0.2) is 24.3 Å². The van der Waals surface area contributed by atoms with Crippen molar-refractivity contribution in [2.75, 3.05) is 6.54 Å². The van der Waals surface area contributed by atoms with E-state index in [0.29, 0.717) is 12.1 Å². The standard InChI is InChI=1S/C17H27FN2/c1-13(11-17-9-4-3-5-10-19-17)20-14(2)15-7-6-8-16(18)12-15/h6-8,12-14,17,19-20H,3-5,9-11H2,1-2H3. The molecule has 3 heteroatoms. The maximum atomic E-state index is 13.2. The van der Waals surface area contributed by atoms with Crippen molar-refractivity contribution in [3.63, 3.8) is 0 Å². The Morgan fingerprint density at radius 2 is 2.15 bits per heavy atom. The van der Waals surface area contributed by atoms with Gasteiger partial charge in [-0.3, -0.25) is 0 Å². The zero-order valence-electron chi connectivity index (χ0n) is 12.7. The smallest absolute Gasteiger partial charge is 0.123 e. The summed E-state index contributed by atoms with van der Waals surface area (Å²) in [5.41, 5.74) is 1.02. The van der Waals surface area contributed by atoms with Crippen LogP contribution in [0, 0.1) is 5.82 Å². The van der Waals surface area contributed by atoms with Crippen molar-refractivity contribution in [3.8, 4) is 0 Å². The second kappa shape index (κ2) is 7.75. The van der Waals surface area contributed by atoms with E-state index in [4.69, 9.17) is 0 Å². The SMILES string of the molecule is CC(CC1CCCCCN1)NC(C)c1cccc(F)c1. The van der Waals surface area contributed by atoms with Crippen LogP contribution in [-0.4, -0.2) is 18.6 Å². The van der Waals surface area contributed by atoms with Crippen molar-refractivity contribution in [3.05, 3.63) is 35.6 Å². The monoisotopic (exact) mass is 278 g/mol. The Morgan fingerprint density at radius 1 is 1.30 bits per heavy atom. The zero-order chi connectivity index (χ0) is 14.4. The molecule has 0 radical (unpaired) electrons. The van der Waals surface area contributed by atoms with Crippen LogP contribution in [0.4, 0.5) is 4.39 Å². The van der Waals surface area contributed by atoms with Crippen molar-refractivity contribution < 1.29 is 4.39 Å². The summed E-state index contributed by atoms with van der Waals surface area (Å²) in [5.74, 6) is -0.158. The molecule has 20 heavy (non-hydrogen) atoms. The molecule has 0 aliphatic carbocycles. The minimum atomic E-state index is -0.158. The van der Waals surface area contributed by atoms with Crippen molar-refractivity contribution in [1.82, 2.24) is 10.6 Å². The maximum absolute atomic E-state index is 13.2. The summed E-state index contributed by atoms with van der Waals surface area (Å²) in [5, 5.41) is 7.22. The van der Waals surface area contributed by atoms with E-state index in [-0.39, 0.29) is 11.9 Å². The molecule has 2 N–H and O–H groups in total. The van der Waals surface area contributed by atoms with E-state index in [2.05, 4.69) is 24.5 Å². The van der Waals surface area contributed by atoms with Gasteiger partial charge in [0.2, 0.25) is 0 Å². The topological polar surface area (TPSA) is 24.1 Å². The molecule has 1 heterocycles. The molecule has 0 amide bonds. The highest BCUT2D eigenvalue weighted by Crippen LogP contribution is 2.17. The van der Waals surface area contributed by atoms with Gasteiger partial charge in [0.25, 0.3) is 0 Å². The van der Waals surface area contributed by atoms with Crippen LogP contribution in [0.25, 0.3) is 0 Å². The first kappa shape index (κ1) is 15.5. The molecule has 112 valence electrons. The molecule has 0 bridgehead atoms. The van der Waals surface area contributed by atoms with Gasteiger partial charge in [-0.2, -0.15) is 0 Å². The molecule has 2 rings (SSSR count). The van der Waals surface area contributed by atoms with E-state index < -0.39 is 0 Å². The van der Waals surface area contributed by atoms with Gasteiger partial charge in [0.15, 0.2) is 0 Å². The summed E-state index contributed by atoms with van der Waals surface area (Å²) < 4.78 is 13.2. The Hall–Kier alpha value is -0.930. The summed E-state index contributed by atoms with van der Waals surface area (Å²) in [6, 6.07) is 8.12. The predicted molar refractivity (Wildman–Crippen MR) is 82.3 cm³/mol. The van der Waals surface area contributed by atoms with Gasteiger partial charge in [0.1, 0.15) is 5.82 Å².